The number of ether oxygens (including phenoxy) is 1. The van der Waals surface area contributed by atoms with Crippen LogP contribution < -0.4 is 9.80 Å². The average molecular weight is 579 g/mol. The van der Waals surface area contributed by atoms with Gasteiger partial charge in [-0.3, -0.25) is 14.4 Å². The van der Waals surface area contributed by atoms with Crippen LogP contribution in [0.25, 0.3) is 0 Å². The first-order valence-corrected chi connectivity index (χ1v) is 15.5. The van der Waals surface area contributed by atoms with E-state index in [0.717, 1.165) is 30.9 Å². The highest BCUT2D eigenvalue weighted by atomic mass is 16.5. The number of fused-ring (bicyclic) bond motifs is 2. The van der Waals surface area contributed by atoms with Crippen LogP contribution in [0.15, 0.2) is 48.6 Å². The molecule has 9 nitrogen and oxygen atoms in total. The molecule has 0 bridgehead atoms. The van der Waals surface area contributed by atoms with E-state index in [2.05, 4.69) is 18.7 Å². The number of carbonyl (C=O) groups excluding carboxylic acids is 3. The molecule has 1 aromatic carbocycles. The van der Waals surface area contributed by atoms with Crippen molar-refractivity contribution in [1.29, 1.82) is 0 Å². The Balaban J connectivity index is 1.62. The summed E-state index contributed by atoms with van der Waals surface area (Å²) in [5.41, 5.74) is -0.602. The minimum Gasteiger partial charge on any atom is -0.394 e. The molecule has 1 spiro atoms. The van der Waals surface area contributed by atoms with Crippen molar-refractivity contribution < 1.29 is 24.2 Å². The van der Waals surface area contributed by atoms with E-state index in [-0.39, 0.29) is 30.2 Å². The summed E-state index contributed by atoms with van der Waals surface area (Å²) in [5.74, 6) is -2.50. The number of hydrogen-bond acceptors (Lipinski definition) is 6. The Hall–Kier alpha value is -3.17. The van der Waals surface area contributed by atoms with Crippen molar-refractivity contribution in [2.75, 3.05) is 49.1 Å². The molecule has 1 N–H and O–H groups in total. The quantitative estimate of drug-likeness (QED) is 0.453. The van der Waals surface area contributed by atoms with E-state index in [1.807, 2.05) is 76.3 Å². The number of rotatable bonds is 9. The van der Waals surface area contributed by atoms with E-state index in [1.165, 1.54) is 0 Å². The third kappa shape index (κ3) is 4.56. The second-order valence-corrected chi connectivity index (χ2v) is 12.5. The van der Waals surface area contributed by atoms with Gasteiger partial charge in [0.1, 0.15) is 11.6 Å². The van der Waals surface area contributed by atoms with Gasteiger partial charge in [0.15, 0.2) is 0 Å². The van der Waals surface area contributed by atoms with E-state index >= 15 is 0 Å². The molecule has 0 aliphatic carbocycles. The zero-order chi connectivity index (χ0) is 30.4. The fraction of sp³-hybridized carbons (Fsp3) is 0.606. The smallest absolute Gasteiger partial charge is 0.253 e. The van der Waals surface area contributed by atoms with Crippen molar-refractivity contribution in [3.63, 3.8) is 0 Å². The second-order valence-electron chi connectivity index (χ2n) is 12.5. The molecule has 3 amide bonds. The van der Waals surface area contributed by atoms with Gasteiger partial charge in [-0.2, -0.15) is 0 Å². The Morgan fingerprint density at radius 3 is 2.21 bits per heavy atom. The highest BCUT2D eigenvalue weighted by molar-refractivity contribution is 6.06. The molecule has 2 fully saturated rings. The van der Waals surface area contributed by atoms with Gasteiger partial charge in [-0.15, -0.1) is 0 Å². The number of aliphatic hydroxyl groups is 1. The van der Waals surface area contributed by atoms with Crippen LogP contribution in [0.3, 0.4) is 0 Å². The zero-order valence-corrected chi connectivity index (χ0v) is 25.8. The van der Waals surface area contributed by atoms with Gasteiger partial charge >= 0.3 is 0 Å². The fourth-order valence-electron chi connectivity index (χ4n) is 7.62. The van der Waals surface area contributed by atoms with Crippen LogP contribution in [0.1, 0.15) is 48.0 Å². The van der Waals surface area contributed by atoms with E-state index in [1.54, 1.807) is 14.7 Å². The Kier molecular flexibility index (Phi) is 8.29. The topological polar surface area (TPSA) is 93.6 Å². The van der Waals surface area contributed by atoms with E-state index in [0.29, 0.717) is 19.6 Å². The lowest BCUT2D eigenvalue weighted by Crippen LogP contribution is -2.59. The Labute approximate surface area is 249 Å². The lowest BCUT2D eigenvalue weighted by atomic mass is 9.74. The Morgan fingerprint density at radius 2 is 1.62 bits per heavy atom. The van der Waals surface area contributed by atoms with Crippen molar-refractivity contribution in [1.82, 2.24) is 9.80 Å². The summed E-state index contributed by atoms with van der Waals surface area (Å²) in [6.45, 7) is 14.8. The van der Waals surface area contributed by atoms with Gasteiger partial charge in [0.05, 0.1) is 30.1 Å². The van der Waals surface area contributed by atoms with Crippen molar-refractivity contribution in [2.45, 2.75) is 71.2 Å². The molecule has 4 heterocycles. The molecule has 6 atom stereocenters. The molecule has 5 rings (SSSR count). The molecule has 228 valence electrons. The van der Waals surface area contributed by atoms with Gasteiger partial charge in [-0.1, -0.05) is 45.1 Å². The standard InChI is InChI=1S/C33H46N4O5/c1-7-18-35-19-10-16-32(6)26(29(35)39)27-30(40)37(25(21-38)22(4)5)28-31(41)36(20-11-17-33(27,28)42-32)24-14-12-23(13-15-24)34(8-2)9-3/h10-17,22,25-28,38H,7-9,18-21H2,1-6H3/t25-,26-,27-,28?,32+,33-/m0/s1. The van der Waals surface area contributed by atoms with Crippen LogP contribution in [0.5, 0.6) is 0 Å². The Morgan fingerprint density at radius 1 is 0.952 bits per heavy atom. The normalized spacial score (nSPS) is 31.3. The minimum absolute atomic E-state index is 0.121. The van der Waals surface area contributed by atoms with Crippen LogP contribution in [-0.4, -0.2) is 95.2 Å². The van der Waals surface area contributed by atoms with Crippen LogP contribution in [-0.2, 0) is 19.1 Å². The van der Waals surface area contributed by atoms with E-state index in [9.17, 15) is 19.5 Å². The minimum atomic E-state index is -1.35. The van der Waals surface area contributed by atoms with Crippen LogP contribution in [0.4, 0.5) is 11.4 Å². The van der Waals surface area contributed by atoms with Gasteiger partial charge in [0.25, 0.3) is 5.91 Å². The van der Waals surface area contributed by atoms with Crippen molar-refractivity contribution >= 4 is 29.1 Å². The molecule has 4 aliphatic heterocycles. The number of hydrogen-bond donors (Lipinski definition) is 1. The maximum atomic E-state index is 14.7. The van der Waals surface area contributed by atoms with E-state index in [4.69, 9.17) is 4.74 Å². The molecule has 42 heavy (non-hydrogen) atoms. The largest absolute Gasteiger partial charge is 0.394 e. The highest BCUT2D eigenvalue weighted by Gasteiger charge is 2.75. The second kappa shape index (κ2) is 11.5. The lowest BCUT2D eigenvalue weighted by molar-refractivity contribution is -0.152. The van der Waals surface area contributed by atoms with Crippen molar-refractivity contribution in [2.24, 2.45) is 17.8 Å². The maximum Gasteiger partial charge on any atom is 0.253 e. The first-order valence-electron chi connectivity index (χ1n) is 15.5. The van der Waals surface area contributed by atoms with Gasteiger partial charge in [-0.25, -0.2) is 0 Å². The molecule has 4 aliphatic rings. The van der Waals surface area contributed by atoms with Gasteiger partial charge < -0.3 is 29.4 Å². The number of aliphatic hydroxyl groups excluding tert-OH is 1. The number of anilines is 2. The molecule has 1 aromatic rings. The highest BCUT2D eigenvalue weighted by Crippen LogP contribution is 2.58. The average Bonchev–Trinajstić information content (AvgIpc) is 3.23. The molecular weight excluding hydrogens is 532 g/mol. The summed E-state index contributed by atoms with van der Waals surface area (Å²) in [6.07, 6.45) is 8.41. The number of amides is 3. The van der Waals surface area contributed by atoms with Crippen molar-refractivity contribution in [3.8, 4) is 0 Å². The molecule has 0 radical (unpaired) electrons. The number of carbonyl (C=O) groups is 3. The molecule has 2 saturated heterocycles. The maximum absolute atomic E-state index is 14.7. The van der Waals surface area contributed by atoms with Gasteiger partial charge in [0, 0.05) is 44.1 Å². The summed E-state index contributed by atoms with van der Waals surface area (Å²) < 4.78 is 6.92. The Bertz CT molecular complexity index is 1260. The summed E-state index contributed by atoms with van der Waals surface area (Å²) >= 11 is 0. The monoisotopic (exact) mass is 578 g/mol. The molecule has 0 aromatic heterocycles. The predicted octanol–water partition coefficient (Wildman–Crippen LogP) is 3.23. The van der Waals surface area contributed by atoms with Crippen molar-refractivity contribution in [3.05, 3.63) is 48.6 Å². The summed E-state index contributed by atoms with van der Waals surface area (Å²) in [6, 6.07) is 6.28. The van der Waals surface area contributed by atoms with Gasteiger partial charge in [0.2, 0.25) is 11.8 Å². The lowest BCUT2D eigenvalue weighted by Gasteiger charge is -2.41. The third-order valence-electron chi connectivity index (χ3n) is 9.68. The van der Waals surface area contributed by atoms with Gasteiger partial charge in [-0.05, 0) is 57.4 Å². The van der Waals surface area contributed by atoms with Crippen LogP contribution in [0, 0.1) is 17.8 Å². The molecule has 0 saturated carbocycles. The first-order chi connectivity index (χ1) is 20.1. The number of nitrogens with zero attached hydrogens (tertiary/aromatic N) is 4. The summed E-state index contributed by atoms with van der Waals surface area (Å²) in [7, 11) is 0. The fourth-order valence-corrected chi connectivity index (χ4v) is 7.62. The number of benzene rings is 1. The molecule has 1 unspecified atom stereocenters. The molecular formula is C33H46N4O5. The molecule has 9 heteroatoms. The first kappa shape index (κ1) is 30.3. The number of likely N-dealkylation sites (tertiary alicyclic amines) is 1. The zero-order valence-electron chi connectivity index (χ0n) is 25.8. The SMILES string of the molecule is CCCN1CC=C[C@@]2(C)O[C@]34C=CCN(c5ccc(N(CC)CC)cc5)C(=O)C3N([C@@H](CO)C(C)C)C(=O)[C@@H]4[C@H]2C1=O. The third-order valence-corrected chi connectivity index (χ3v) is 9.68. The predicted molar refractivity (Wildman–Crippen MR) is 163 cm³/mol. The van der Waals surface area contributed by atoms with E-state index < -0.39 is 35.1 Å². The van der Waals surface area contributed by atoms with Crippen LogP contribution in [0.2, 0.25) is 0 Å². The summed E-state index contributed by atoms with van der Waals surface area (Å²) in [5, 5.41) is 10.5. The summed E-state index contributed by atoms with van der Waals surface area (Å²) in [4.78, 5) is 50.7. The van der Waals surface area contributed by atoms with Crippen LogP contribution >= 0.6 is 0 Å².